The van der Waals surface area contributed by atoms with Gasteiger partial charge in [-0.1, -0.05) is 23.5 Å². The molecule has 31 heavy (non-hydrogen) atoms. The van der Waals surface area contributed by atoms with E-state index in [0.717, 1.165) is 16.0 Å². The number of benzene rings is 1. The van der Waals surface area contributed by atoms with Crippen molar-refractivity contribution in [2.75, 3.05) is 13.7 Å². The zero-order valence-electron chi connectivity index (χ0n) is 17.7. The molecule has 0 fully saturated rings. The number of rotatable bonds is 5. The number of thiazole rings is 1. The molecule has 0 unspecified atom stereocenters. The maximum Gasteiger partial charge on any atom is 0.338 e. The maximum atomic E-state index is 13.5. The second kappa shape index (κ2) is 8.64. The highest BCUT2D eigenvalue weighted by atomic mass is 32.1. The topological polar surface area (TPSA) is 69.9 Å². The summed E-state index contributed by atoms with van der Waals surface area (Å²) in [6.07, 6.45) is 1.90. The minimum absolute atomic E-state index is 0.174. The van der Waals surface area contributed by atoms with Gasteiger partial charge in [-0.3, -0.25) is 9.36 Å². The molecule has 0 radical (unpaired) electrons. The fraction of sp³-hybridized carbons (Fsp3) is 0.261. The van der Waals surface area contributed by atoms with Crippen LogP contribution in [0.5, 0.6) is 5.75 Å². The van der Waals surface area contributed by atoms with E-state index in [2.05, 4.69) is 4.99 Å². The largest absolute Gasteiger partial charge is 0.497 e. The van der Waals surface area contributed by atoms with Gasteiger partial charge in [0.05, 0.1) is 35.6 Å². The lowest BCUT2D eigenvalue weighted by atomic mass is 9.96. The summed E-state index contributed by atoms with van der Waals surface area (Å²) in [7, 11) is 1.60. The molecule has 0 spiro atoms. The number of aromatic nitrogens is 1. The maximum absolute atomic E-state index is 13.5. The molecule has 1 atom stereocenters. The summed E-state index contributed by atoms with van der Waals surface area (Å²) >= 11 is 2.92. The lowest BCUT2D eigenvalue weighted by Crippen LogP contribution is -2.39. The van der Waals surface area contributed by atoms with Crippen molar-refractivity contribution in [3.05, 3.63) is 82.7 Å². The van der Waals surface area contributed by atoms with E-state index in [9.17, 15) is 9.59 Å². The van der Waals surface area contributed by atoms with Crippen LogP contribution < -0.4 is 19.6 Å². The minimum Gasteiger partial charge on any atom is -0.497 e. The van der Waals surface area contributed by atoms with Crippen LogP contribution in [0.4, 0.5) is 0 Å². The summed E-state index contributed by atoms with van der Waals surface area (Å²) in [5, 5.41) is 2.00. The van der Waals surface area contributed by atoms with Crippen molar-refractivity contribution in [1.29, 1.82) is 0 Å². The molecular weight excluding hydrogens is 432 g/mol. The summed E-state index contributed by atoms with van der Waals surface area (Å²) in [5.41, 5.74) is 2.66. The van der Waals surface area contributed by atoms with E-state index in [1.165, 1.54) is 11.3 Å². The molecule has 0 amide bonds. The van der Waals surface area contributed by atoms with Crippen LogP contribution in [-0.4, -0.2) is 24.3 Å². The third-order valence-electron chi connectivity index (χ3n) is 5.11. The number of hydrogen-bond donors (Lipinski definition) is 0. The van der Waals surface area contributed by atoms with Crippen LogP contribution in [0.1, 0.15) is 35.9 Å². The average molecular weight is 455 g/mol. The van der Waals surface area contributed by atoms with Gasteiger partial charge in [0.2, 0.25) is 0 Å². The highest BCUT2D eigenvalue weighted by molar-refractivity contribution is 7.11. The van der Waals surface area contributed by atoms with Crippen molar-refractivity contribution in [1.82, 2.24) is 4.57 Å². The summed E-state index contributed by atoms with van der Waals surface area (Å²) in [6, 6.07) is 8.77. The number of methoxy groups -OCH3 is 1. The number of allylic oxidation sites excluding steroid dienone is 1. The molecule has 3 heterocycles. The van der Waals surface area contributed by atoms with Crippen molar-refractivity contribution in [3.8, 4) is 5.75 Å². The van der Waals surface area contributed by atoms with E-state index in [1.54, 1.807) is 36.9 Å². The number of esters is 1. The van der Waals surface area contributed by atoms with Crippen molar-refractivity contribution in [3.63, 3.8) is 0 Å². The van der Waals surface area contributed by atoms with Crippen LogP contribution in [-0.2, 0) is 9.53 Å². The Morgan fingerprint density at radius 1 is 1.23 bits per heavy atom. The van der Waals surface area contributed by atoms with Crippen molar-refractivity contribution in [2.45, 2.75) is 26.8 Å². The third-order valence-corrected chi connectivity index (χ3v) is 7.06. The quantitative estimate of drug-likeness (QED) is 0.556. The zero-order chi connectivity index (χ0) is 22.1. The van der Waals surface area contributed by atoms with Crippen LogP contribution in [0.3, 0.4) is 0 Å². The first kappa shape index (κ1) is 21.3. The van der Waals surface area contributed by atoms with Gasteiger partial charge in [0.15, 0.2) is 4.80 Å². The van der Waals surface area contributed by atoms with Gasteiger partial charge in [0, 0.05) is 4.88 Å². The molecule has 0 aliphatic carbocycles. The number of carbonyl (C=O) groups excluding carboxylic acids is 1. The molecule has 0 bridgehead atoms. The monoisotopic (exact) mass is 454 g/mol. The summed E-state index contributed by atoms with van der Waals surface area (Å²) < 4.78 is 12.8. The molecule has 6 nitrogen and oxygen atoms in total. The van der Waals surface area contributed by atoms with E-state index in [0.29, 0.717) is 26.4 Å². The predicted octanol–water partition coefficient (Wildman–Crippen LogP) is 3.18. The van der Waals surface area contributed by atoms with Crippen LogP contribution in [0.2, 0.25) is 0 Å². The van der Waals surface area contributed by atoms with Gasteiger partial charge in [-0.05, 0) is 61.6 Å². The Labute approximate surface area is 187 Å². The normalized spacial score (nSPS) is 16.1. The lowest BCUT2D eigenvalue weighted by molar-refractivity contribution is -0.139. The van der Waals surface area contributed by atoms with E-state index >= 15 is 0 Å². The molecule has 1 aromatic carbocycles. The smallest absolute Gasteiger partial charge is 0.338 e. The number of aryl methyl sites for hydroxylation is 1. The Hall–Kier alpha value is -2.97. The van der Waals surface area contributed by atoms with Gasteiger partial charge < -0.3 is 9.47 Å². The van der Waals surface area contributed by atoms with Gasteiger partial charge >= 0.3 is 5.97 Å². The van der Waals surface area contributed by atoms with Gasteiger partial charge in [0.25, 0.3) is 5.56 Å². The third kappa shape index (κ3) is 3.88. The number of hydrogen-bond acceptors (Lipinski definition) is 7. The number of ether oxygens (including phenoxy) is 2. The standard InChI is InChI=1S/C23H22N2O4S2/c1-5-29-22(27)19-14(3)24-23-25(20(19)15-6-8-16(28-4)9-7-15)21(26)18(31-23)12-17-13(2)10-11-30-17/h6-12,20H,5H2,1-4H3/t20-/m0/s1. The highest BCUT2D eigenvalue weighted by Crippen LogP contribution is 2.31. The van der Waals surface area contributed by atoms with E-state index in [-0.39, 0.29) is 12.2 Å². The number of carbonyl (C=O) groups is 1. The fourth-order valence-electron chi connectivity index (χ4n) is 3.54. The Kier molecular flexibility index (Phi) is 5.93. The Morgan fingerprint density at radius 3 is 2.58 bits per heavy atom. The van der Waals surface area contributed by atoms with Crippen LogP contribution >= 0.6 is 22.7 Å². The Morgan fingerprint density at radius 2 is 1.97 bits per heavy atom. The van der Waals surface area contributed by atoms with Gasteiger partial charge in [0.1, 0.15) is 5.75 Å². The molecule has 1 aliphatic heterocycles. The average Bonchev–Trinajstić information content (AvgIpc) is 3.30. The second-order valence-corrected chi connectivity index (χ2v) is 9.00. The SMILES string of the molecule is CCOC(=O)C1=C(C)N=c2sc(=Cc3sccc3C)c(=O)n2[C@H]1c1ccc(OC)cc1. The van der Waals surface area contributed by atoms with Gasteiger partial charge in [-0.25, -0.2) is 9.79 Å². The molecular formula is C23H22N2O4S2. The minimum atomic E-state index is -0.618. The van der Waals surface area contributed by atoms with E-state index in [1.807, 2.05) is 48.7 Å². The summed E-state index contributed by atoms with van der Waals surface area (Å²) in [4.78, 5) is 32.5. The predicted molar refractivity (Wildman–Crippen MR) is 122 cm³/mol. The molecule has 1 aliphatic rings. The number of nitrogens with zero attached hydrogens (tertiary/aromatic N) is 2. The van der Waals surface area contributed by atoms with Crippen molar-refractivity contribution < 1.29 is 14.3 Å². The number of fused-ring (bicyclic) bond motifs is 1. The summed E-state index contributed by atoms with van der Waals surface area (Å²) in [5.74, 6) is 0.232. The molecule has 8 heteroatoms. The van der Waals surface area contributed by atoms with Crippen LogP contribution in [0.15, 0.2) is 56.8 Å². The molecule has 2 aromatic heterocycles. The van der Waals surface area contributed by atoms with Crippen LogP contribution in [0.25, 0.3) is 6.08 Å². The summed E-state index contributed by atoms with van der Waals surface area (Å²) in [6.45, 7) is 5.80. The Balaban J connectivity index is 1.96. The molecule has 3 aromatic rings. The molecule has 160 valence electrons. The lowest BCUT2D eigenvalue weighted by Gasteiger charge is -2.24. The first-order chi connectivity index (χ1) is 14.9. The molecule has 0 saturated heterocycles. The molecule has 0 N–H and O–H groups in total. The highest BCUT2D eigenvalue weighted by Gasteiger charge is 2.33. The van der Waals surface area contributed by atoms with Gasteiger partial charge in [-0.15, -0.1) is 11.3 Å². The Bertz CT molecular complexity index is 1340. The second-order valence-electron chi connectivity index (χ2n) is 7.04. The van der Waals surface area contributed by atoms with Gasteiger partial charge in [-0.2, -0.15) is 0 Å². The zero-order valence-corrected chi connectivity index (χ0v) is 19.3. The first-order valence-corrected chi connectivity index (χ1v) is 11.5. The van der Waals surface area contributed by atoms with Crippen LogP contribution in [0, 0.1) is 6.92 Å². The first-order valence-electron chi connectivity index (χ1n) is 9.82. The van der Waals surface area contributed by atoms with Crippen molar-refractivity contribution >= 4 is 34.7 Å². The molecule has 0 saturated carbocycles. The van der Waals surface area contributed by atoms with E-state index in [4.69, 9.17) is 9.47 Å². The van der Waals surface area contributed by atoms with Crippen molar-refractivity contribution in [2.24, 2.45) is 4.99 Å². The number of thiophene rings is 1. The molecule has 4 rings (SSSR count). The van der Waals surface area contributed by atoms with E-state index < -0.39 is 12.0 Å². The fourth-order valence-corrected chi connectivity index (χ4v) is 5.51.